The molecule has 3 rings (SSSR count). The van der Waals surface area contributed by atoms with Crippen LogP contribution in [0.1, 0.15) is 112 Å². The summed E-state index contributed by atoms with van der Waals surface area (Å²) in [6, 6.07) is 8.20. The zero-order valence-electron chi connectivity index (χ0n) is 33.9. The third-order valence-corrected chi connectivity index (χ3v) is 11.3. The maximum atomic E-state index is 10.4. The summed E-state index contributed by atoms with van der Waals surface area (Å²) in [4.78, 5) is 0. The Labute approximate surface area is 321 Å². The third-order valence-electron chi connectivity index (χ3n) is 8.68. The smallest absolute Gasteiger partial charge is 0.163 e. The Bertz CT molecular complexity index is 1040. The highest BCUT2D eigenvalue weighted by Crippen LogP contribution is 2.35. The molecule has 0 bridgehead atoms. The molecule has 2 heterocycles. The number of halogens is 1. The number of hydrogen-bond donors (Lipinski definition) is 1. The van der Waals surface area contributed by atoms with E-state index in [1.54, 1.807) is 14.2 Å². The Morgan fingerprint density at radius 3 is 1.75 bits per heavy atom. The van der Waals surface area contributed by atoms with E-state index in [1.807, 2.05) is 52.0 Å². The van der Waals surface area contributed by atoms with Gasteiger partial charge in [-0.2, -0.15) is 0 Å². The number of hydrogen-bond acceptors (Lipinski definition) is 7. The lowest BCUT2D eigenvalue weighted by molar-refractivity contribution is -0.152. The van der Waals surface area contributed by atoms with Crippen LogP contribution < -0.4 is 0 Å². The van der Waals surface area contributed by atoms with Gasteiger partial charge in [-0.15, -0.1) is 11.6 Å². The van der Waals surface area contributed by atoms with Gasteiger partial charge in [0.1, 0.15) is 12.2 Å². The van der Waals surface area contributed by atoms with Crippen LogP contribution in [0.15, 0.2) is 48.6 Å². The molecule has 2 saturated heterocycles. The van der Waals surface area contributed by atoms with Gasteiger partial charge in [0, 0.05) is 43.6 Å². The van der Waals surface area contributed by atoms with Gasteiger partial charge >= 0.3 is 0 Å². The van der Waals surface area contributed by atoms with Crippen molar-refractivity contribution >= 4 is 29.2 Å². The first-order chi connectivity index (χ1) is 24.1. The number of allylic oxidation sites excluding steroid dienone is 2. The van der Waals surface area contributed by atoms with E-state index in [0.29, 0.717) is 41.2 Å². The molecule has 1 aromatic rings. The molecule has 10 heteroatoms. The van der Waals surface area contributed by atoms with Gasteiger partial charge in [0.25, 0.3) is 0 Å². The number of aryl methyl sites for hydroxylation is 1. The van der Waals surface area contributed by atoms with Crippen molar-refractivity contribution in [1.82, 2.24) is 0 Å². The zero-order chi connectivity index (χ0) is 38.5. The Balaban J connectivity index is 0.000000412. The van der Waals surface area contributed by atoms with Crippen LogP contribution >= 0.6 is 29.2 Å². The first-order valence-corrected chi connectivity index (χ1v) is 21.7. The topological polar surface area (TPSA) is 75.6 Å². The van der Waals surface area contributed by atoms with Crippen LogP contribution in [0.2, 0.25) is 0 Å². The van der Waals surface area contributed by atoms with Crippen molar-refractivity contribution in [3.63, 3.8) is 0 Å². The molecular formula is C41H73ClO7P2. The lowest BCUT2D eigenvalue weighted by Gasteiger charge is -2.21. The van der Waals surface area contributed by atoms with Crippen LogP contribution in [0.4, 0.5) is 0 Å². The minimum absolute atomic E-state index is 0.0305. The standard InChI is InChI=1S/C17H33O3P.C16H31O4P.C8H9Cl/c1-7-9-15-16(20-17(4,5)19-15)14(3)11-8-10-13(2)12-21-18-6;1-6-8-14-15(20-16(3,4)19-14)13(17)10-7-9-12(2)11-21-18-5;1-7-3-2-4-8(5-7)6-9/h8,11,13-16,21H,7,9-10,12H2,1-6H3;7,10,12-15,17,21H,6,8-9,11H2,1-5H3;2-5H,6H2,1H3/b11-8-;10-7-;/t13-,14?,15+,16-;12-,13?,14+,15-;/m11./s1. The van der Waals surface area contributed by atoms with Gasteiger partial charge in [0.05, 0.1) is 18.3 Å². The van der Waals surface area contributed by atoms with E-state index >= 15 is 0 Å². The third kappa shape index (κ3) is 20.7. The number of alkyl halides is 1. The van der Waals surface area contributed by atoms with Gasteiger partial charge in [0.15, 0.2) is 11.6 Å². The number of aliphatic hydroxyl groups is 1. The molecule has 296 valence electrons. The molecule has 10 atom stereocenters. The predicted molar refractivity (Wildman–Crippen MR) is 220 cm³/mol. The molecule has 2 aliphatic rings. The van der Waals surface area contributed by atoms with Crippen molar-refractivity contribution in [2.75, 3.05) is 26.5 Å². The fourth-order valence-corrected chi connectivity index (χ4v) is 7.49. The highest BCUT2D eigenvalue weighted by atomic mass is 35.5. The molecule has 1 N–H and O–H groups in total. The number of ether oxygens (including phenoxy) is 4. The number of rotatable bonds is 19. The molecule has 0 amide bonds. The predicted octanol–water partition coefficient (Wildman–Crippen LogP) is 11.0. The average Bonchev–Trinajstić information content (AvgIpc) is 3.56. The van der Waals surface area contributed by atoms with E-state index in [0.717, 1.165) is 50.8 Å². The summed E-state index contributed by atoms with van der Waals surface area (Å²) in [5.41, 5.74) is 2.46. The molecule has 0 radical (unpaired) electrons. The van der Waals surface area contributed by atoms with Crippen LogP contribution in [-0.2, 0) is 33.9 Å². The average molecular weight is 775 g/mol. The summed E-state index contributed by atoms with van der Waals surface area (Å²) in [7, 11) is 4.68. The Morgan fingerprint density at radius 1 is 0.804 bits per heavy atom. The minimum atomic E-state index is -0.611. The summed E-state index contributed by atoms with van der Waals surface area (Å²) < 4.78 is 34.1. The minimum Gasteiger partial charge on any atom is -0.386 e. The lowest BCUT2D eigenvalue weighted by Crippen LogP contribution is -2.34. The normalized spacial score (nSPS) is 25.3. The SMILES string of the molecule is CCC[C@@H]1OC(C)(C)O[C@@H]1C(C)/C=C\C[C@@H](C)CPOC.CCC[C@@H]1OC(C)(C)O[C@@H]1C(O)/C=C\C[C@@H](C)CPOC.Cc1cccc(CCl)c1. The molecule has 0 spiro atoms. The van der Waals surface area contributed by atoms with Crippen molar-refractivity contribution in [1.29, 1.82) is 0 Å². The van der Waals surface area contributed by atoms with Crippen molar-refractivity contribution in [3.8, 4) is 0 Å². The largest absolute Gasteiger partial charge is 0.386 e. The van der Waals surface area contributed by atoms with Gasteiger partial charge in [-0.1, -0.05) is 102 Å². The van der Waals surface area contributed by atoms with Crippen LogP contribution in [-0.4, -0.2) is 73.7 Å². The highest BCUT2D eigenvalue weighted by Gasteiger charge is 2.44. The van der Waals surface area contributed by atoms with Crippen molar-refractivity contribution in [2.24, 2.45) is 17.8 Å². The quantitative estimate of drug-likeness (QED) is 0.0852. The molecular weight excluding hydrogens is 702 g/mol. The fraction of sp³-hybridized carbons (Fsp3) is 0.756. The van der Waals surface area contributed by atoms with Crippen LogP contribution in [0, 0.1) is 24.7 Å². The molecule has 0 aromatic heterocycles. The van der Waals surface area contributed by atoms with Crippen LogP contribution in [0.3, 0.4) is 0 Å². The van der Waals surface area contributed by atoms with Crippen molar-refractivity contribution < 1.29 is 33.1 Å². The summed E-state index contributed by atoms with van der Waals surface area (Å²) in [6.45, 7) is 20.9. The summed E-state index contributed by atoms with van der Waals surface area (Å²) >= 11 is 5.60. The monoisotopic (exact) mass is 774 g/mol. The van der Waals surface area contributed by atoms with Crippen molar-refractivity contribution in [3.05, 3.63) is 59.7 Å². The second-order valence-electron chi connectivity index (χ2n) is 15.0. The summed E-state index contributed by atoms with van der Waals surface area (Å²) in [5.74, 6) is 1.19. The van der Waals surface area contributed by atoms with E-state index in [2.05, 4.69) is 65.8 Å². The second-order valence-corrected chi connectivity index (χ2v) is 17.4. The van der Waals surface area contributed by atoms with Gasteiger partial charge in [-0.3, -0.25) is 0 Å². The maximum Gasteiger partial charge on any atom is 0.163 e. The number of benzene rings is 1. The Kier molecular flexibility index (Phi) is 25.1. The number of aliphatic hydroxyl groups excluding tert-OH is 1. The van der Waals surface area contributed by atoms with E-state index in [-0.39, 0.29) is 24.4 Å². The molecule has 4 unspecified atom stereocenters. The first-order valence-electron chi connectivity index (χ1n) is 19.0. The van der Waals surface area contributed by atoms with E-state index in [4.69, 9.17) is 39.6 Å². The van der Waals surface area contributed by atoms with Crippen molar-refractivity contribution in [2.45, 2.75) is 156 Å². The van der Waals surface area contributed by atoms with E-state index in [1.165, 1.54) is 11.1 Å². The maximum absolute atomic E-state index is 10.4. The van der Waals surface area contributed by atoms with Gasteiger partial charge in [-0.05, 0) is 90.0 Å². The molecule has 0 aliphatic carbocycles. The second kappa shape index (κ2) is 26.4. The molecule has 1 aromatic carbocycles. The Hall–Kier alpha value is -0.430. The van der Waals surface area contributed by atoms with Crippen LogP contribution in [0.25, 0.3) is 0 Å². The molecule has 51 heavy (non-hydrogen) atoms. The Morgan fingerprint density at radius 2 is 1.29 bits per heavy atom. The molecule has 2 aliphatic heterocycles. The highest BCUT2D eigenvalue weighted by molar-refractivity contribution is 7.32. The van der Waals surface area contributed by atoms with Gasteiger partial charge in [-0.25, -0.2) is 0 Å². The molecule has 7 nitrogen and oxygen atoms in total. The lowest BCUT2D eigenvalue weighted by atomic mass is 9.96. The molecule has 2 fully saturated rings. The first kappa shape index (κ1) is 48.6. The zero-order valence-corrected chi connectivity index (χ0v) is 36.6. The van der Waals surface area contributed by atoms with E-state index < -0.39 is 17.7 Å². The summed E-state index contributed by atoms with van der Waals surface area (Å²) in [6.07, 6.45) is 16.4. The summed E-state index contributed by atoms with van der Waals surface area (Å²) in [5, 5.41) is 10.4. The van der Waals surface area contributed by atoms with Gasteiger partial charge < -0.3 is 33.1 Å². The fourth-order valence-electron chi connectivity index (χ4n) is 6.08. The van der Waals surface area contributed by atoms with E-state index in [9.17, 15) is 5.11 Å². The van der Waals surface area contributed by atoms with Gasteiger partial charge in [0.2, 0.25) is 0 Å². The molecule has 0 saturated carbocycles. The van der Waals surface area contributed by atoms with Crippen LogP contribution in [0.5, 0.6) is 0 Å².